The second-order valence-electron chi connectivity index (χ2n) is 7.26. The molecule has 3 rings (SSSR count). The van der Waals surface area contributed by atoms with Gasteiger partial charge >= 0.3 is 11.9 Å². The first-order chi connectivity index (χ1) is 15.3. The molecule has 3 aromatic carbocycles. The molecule has 0 fully saturated rings. The molecule has 7 nitrogen and oxygen atoms in total. The Bertz CT molecular complexity index is 963. The Morgan fingerprint density at radius 3 is 1.72 bits per heavy atom. The zero-order valence-electron chi connectivity index (χ0n) is 17.6. The van der Waals surface area contributed by atoms with E-state index in [0.29, 0.717) is 19.4 Å². The van der Waals surface area contributed by atoms with E-state index < -0.39 is 24.0 Å². The maximum Gasteiger partial charge on any atom is 0.321 e. The number of hydrogen-bond acceptors (Lipinski definition) is 5. The Labute approximate surface area is 187 Å². The molecule has 7 heteroatoms. The van der Waals surface area contributed by atoms with Crippen molar-refractivity contribution in [3.8, 4) is 5.75 Å². The molecule has 32 heavy (non-hydrogen) atoms. The highest BCUT2D eigenvalue weighted by molar-refractivity contribution is 5.74. The van der Waals surface area contributed by atoms with Crippen molar-refractivity contribution in [2.24, 2.45) is 5.73 Å². The van der Waals surface area contributed by atoms with Crippen molar-refractivity contribution in [1.29, 1.82) is 0 Å². The van der Waals surface area contributed by atoms with Crippen LogP contribution in [0.5, 0.6) is 5.75 Å². The van der Waals surface area contributed by atoms with Gasteiger partial charge in [-0.25, -0.2) is 0 Å². The molecule has 0 radical (unpaired) electrons. The lowest BCUT2D eigenvalue weighted by molar-refractivity contribution is -0.140. The van der Waals surface area contributed by atoms with Gasteiger partial charge in [0.05, 0.1) is 0 Å². The average Bonchev–Trinajstić information content (AvgIpc) is 2.79. The van der Waals surface area contributed by atoms with E-state index >= 15 is 0 Å². The van der Waals surface area contributed by atoms with Gasteiger partial charge in [0.15, 0.2) is 0 Å². The predicted octanol–water partition coefficient (Wildman–Crippen LogP) is 2.82. The number of nitrogens with two attached hydrogens (primary N) is 1. The van der Waals surface area contributed by atoms with Crippen LogP contribution in [0.25, 0.3) is 0 Å². The molecule has 6 N–H and O–H groups in total. The zero-order chi connectivity index (χ0) is 23.3. The highest BCUT2D eigenvalue weighted by Crippen LogP contribution is 2.12. The molecule has 0 aromatic heterocycles. The number of carboxylic acid groups (broad SMARTS) is 2. The lowest BCUT2D eigenvalue weighted by atomic mass is 10.1. The number of hydrogen-bond donors (Lipinski definition) is 5. The van der Waals surface area contributed by atoms with Crippen LogP contribution in [0.1, 0.15) is 16.7 Å². The quantitative estimate of drug-likeness (QED) is 0.348. The van der Waals surface area contributed by atoms with E-state index in [2.05, 4.69) is 5.32 Å². The van der Waals surface area contributed by atoms with Crippen LogP contribution in [0, 0.1) is 0 Å². The van der Waals surface area contributed by atoms with Gasteiger partial charge in [-0.15, -0.1) is 0 Å². The van der Waals surface area contributed by atoms with Crippen molar-refractivity contribution < 1.29 is 24.9 Å². The number of phenolic OH excluding ortho intramolecular Hbond substituents is 1. The molecule has 0 spiro atoms. The highest BCUT2D eigenvalue weighted by Gasteiger charge is 2.17. The highest BCUT2D eigenvalue weighted by atomic mass is 16.4. The van der Waals surface area contributed by atoms with Gasteiger partial charge in [-0.2, -0.15) is 0 Å². The van der Waals surface area contributed by atoms with Crippen molar-refractivity contribution in [2.45, 2.75) is 31.5 Å². The topological polar surface area (TPSA) is 133 Å². The summed E-state index contributed by atoms with van der Waals surface area (Å²) in [7, 11) is 0. The number of carboxylic acids is 2. The lowest BCUT2D eigenvalue weighted by Crippen LogP contribution is -2.38. The second-order valence-corrected chi connectivity index (χ2v) is 7.26. The first-order valence-corrected chi connectivity index (χ1v) is 10.2. The van der Waals surface area contributed by atoms with Crippen LogP contribution in [-0.2, 0) is 29.0 Å². The molecule has 0 aliphatic rings. The minimum Gasteiger partial charge on any atom is -0.508 e. The summed E-state index contributed by atoms with van der Waals surface area (Å²) in [5.74, 6) is -1.66. The molecule has 2 atom stereocenters. The summed E-state index contributed by atoms with van der Waals surface area (Å²) < 4.78 is 0. The predicted molar refractivity (Wildman–Crippen MR) is 122 cm³/mol. The van der Waals surface area contributed by atoms with Crippen molar-refractivity contribution >= 4 is 11.9 Å². The average molecular weight is 437 g/mol. The summed E-state index contributed by atoms with van der Waals surface area (Å²) >= 11 is 0. The number of carbonyl (C=O) groups is 2. The molecule has 0 aliphatic carbocycles. The minimum atomic E-state index is -0.959. The number of aliphatic carboxylic acids is 2. The molecule has 0 saturated heterocycles. The molecule has 3 aromatic rings. The largest absolute Gasteiger partial charge is 0.508 e. The van der Waals surface area contributed by atoms with E-state index in [4.69, 9.17) is 10.8 Å². The van der Waals surface area contributed by atoms with E-state index in [0.717, 1.165) is 16.7 Å². The van der Waals surface area contributed by atoms with Gasteiger partial charge in [-0.05, 0) is 41.7 Å². The summed E-state index contributed by atoms with van der Waals surface area (Å²) in [6, 6.07) is 24.1. The number of nitrogens with one attached hydrogen (secondary N) is 1. The third kappa shape index (κ3) is 8.99. The van der Waals surface area contributed by atoms with Crippen LogP contribution in [0.2, 0.25) is 0 Å². The monoisotopic (exact) mass is 436 g/mol. The third-order valence-electron chi connectivity index (χ3n) is 4.69. The van der Waals surface area contributed by atoms with E-state index in [-0.39, 0.29) is 5.75 Å². The molecule has 0 aliphatic heterocycles. The van der Waals surface area contributed by atoms with E-state index in [1.807, 2.05) is 60.7 Å². The SMILES string of the molecule is NC(Cc1ccccc1)C(=O)O.O=C(O)C(Cc1ccc(O)cc1)NCc1ccccc1. The van der Waals surface area contributed by atoms with Gasteiger partial charge in [-0.3, -0.25) is 9.59 Å². The first kappa shape index (κ1) is 24.6. The van der Waals surface area contributed by atoms with Crippen molar-refractivity contribution in [3.63, 3.8) is 0 Å². The fourth-order valence-corrected chi connectivity index (χ4v) is 2.91. The van der Waals surface area contributed by atoms with Crippen molar-refractivity contribution in [2.75, 3.05) is 0 Å². The van der Waals surface area contributed by atoms with Gasteiger partial charge in [-0.1, -0.05) is 72.8 Å². The Hall–Kier alpha value is -3.68. The Balaban J connectivity index is 0.000000258. The molecular weight excluding hydrogens is 408 g/mol. The minimum absolute atomic E-state index is 0.179. The first-order valence-electron chi connectivity index (χ1n) is 10.2. The smallest absolute Gasteiger partial charge is 0.321 e. The fourth-order valence-electron chi connectivity index (χ4n) is 2.91. The zero-order valence-corrected chi connectivity index (χ0v) is 17.6. The third-order valence-corrected chi connectivity index (χ3v) is 4.69. The van der Waals surface area contributed by atoms with Gasteiger partial charge in [0.25, 0.3) is 0 Å². The van der Waals surface area contributed by atoms with Gasteiger partial charge in [0.1, 0.15) is 17.8 Å². The van der Waals surface area contributed by atoms with Crippen LogP contribution in [0.15, 0.2) is 84.9 Å². The summed E-state index contributed by atoms with van der Waals surface area (Å²) in [5, 5.41) is 30.0. The van der Waals surface area contributed by atoms with Crippen LogP contribution in [0.4, 0.5) is 0 Å². The molecule has 168 valence electrons. The molecule has 0 bridgehead atoms. The molecule has 2 unspecified atom stereocenters. The van der Waals surface area contributed by atoms with Gasteiger partial charge in [0.2, 0.25) is 0 Å². The summed E-state index contributed by atoms with van der Waals surface area (Å²) in [5.41, 5.74) is 8.22. The fraction of sp³-hybridized carbons (Fsp3) is 0.200. The lowest BCUT2D eigenvalue weighted by Gasteiger charge is -2.14. The molecular formula is C25H28N2O5. The van der Waals surface area contributed by atoms with Crippen LogP contribution in [-0.4, -0.2) is 39.3 Å². The van der Waals surface area contributed by atoms with E-state index in [1.54, 1.807) is 24.3 Å². The maximum atomic E-state index is 11.3. The van der Waals surface area contributed by atoms with Gasteiger partial charge < -0.3 is 26.4 Å². The maximum absolute atomic E-state index is 11.3. The normalized spacial score (nSPS) is 12.2. The summed E-state index contributed by atoms with van der Waals surface area (Å²) in [6.45, 7) is 0.510. The van der Waals surface area contributed by atoms with Crippen LogP contribution >= 0.6 is 0 Å². The number of aromatic hydroxyl groups is 1. The molecule has 0 saturated carbocycles. The summed E-state index contributed by atoms with van der Waals surface area (Å²) in [6.07, 6.45) is 0.763. The number of rotatable bonds is 9. The number of phenols is 1. The Morgan fingerprint density at radius 1 is 0.719 bits per heavy atom. The van der Waals surface area contributed by atoms with Gasteiger partial charge in [0, 0.05) is 6.54 Å². The Morgan fingerprint density at radius 2 is 1.22 bits per heavy atom. The molecule has 0 heterocycles. The van der Waals surface area contributed by atoms with Crippen LogP contribution in [0.3, 0.4) is 0 Å². The number of benzene rings is 3. The summed E-state index contributed by atoms with van der Waals surface area (Å²) in [4.78, 5) is 21.7. The Kier molecular flexibility index (Phi) is 9.90. The van der Waals surface area contributed by atoms with Crippen LogP contribution < -0.4 is 11.1 Å². The second kappa shape index (κ2) is 12.9. The van der Waals surface area contributed by atoms with E-state index in [9.17, 15) is 19.8 Å². The van der Waals surface area contributed by atoms with E-state index in [1.165, 1.54) is 0 Å². The standard InChI is InChI=1S/C16H17NO3.C9H11NO2/c18-14-8-6-12(7-9-14)10-15(16(19)20)17-11-13-4-2-1-3-5-13;10-8(9(11)12)6-7-4-2-1-3-5-7/h1-9,15,17-18H,10-11H2,(H,19,20);1-5,8H,6,10H2,(H,11,12). The van der Waals surface area contributed by atoms with Crippen molar-refractivity contribution in [1.82, 2.24) is 5.32 Å². The van der Waals surface area contributed by atoms with Crippen molar-refractivity contribution in [3.05, 3.63) is 102 Å². The molecule has 0 amide bonds.